The largest absolute Gasteiger partial charge is 0.311 e. The summed E-state index contributed by atoms with van der Waals surface area (Å²) < 4.78 is 0. The first-order valence-corrected chi connectivity index (χ1v) is 2.83. The van der Waals surface area contributed by atoms with E-state index >= 15 is 0 Å². The van der Waals surface area contributed by atoms with Crippen LogP contribution < -0.4 is 5.32 Å². The Kier molecular flexibility index (Phi) is 1.68. The first-order chi connectivity index (χ1) is 3.80. The van der Waals surface area contributed by atoms with Crippen LogP contribution in [0.1, 0.15) is 12.8 Å². The van der Waals surface area contributed by atoms with E-state index in [1.54, 1.807) is 0 Å². The van der Waals surface area contributed by atoms with E-state index in [-0.39, 0.29) is 11.7 Å². The van der Waals surface area contributed by atoms with Crippen LogP contribution in [0.4, 0.5) is 0 Å². The van der Waals surface area contributed by atoms with Gasteiger partial charge >= 0.3 is 0 Å². The minimum atomic E-state index is -0.220. The van der Waals surface area contributed by atoms with Crippen molar-refractivity contribution in [1.82, 2.24) is 5.32 Å². The second kappa shape index (κ2) is 2.31. The van der Waals surface area contributed by atoms with Crippen molar-refractivity contribution in [3.63, 3.8) is 0 Å². The van der Waals surface area contributed by atoms with Crippen LogP contribution in [-0.4, -0.2) is 26.1 Å². The van der Waals surface area contributed by atoms with Crippen LogP contribution in [-0.2, 0) is 4.79 Å². The molecule has 0 aliphatic carbocycles. The molecule has 1 aliphatic rings. The fraction of sp³-hybridized carbons (Fsp3) is 0.800. The fourth-order valence-electron chi connectivity index (χ4n) is 0.927. The Morgan fingerprint density at radius 3 is 2.75 bits per heavy atom. The number of rotatable bonds is 1. The first kappa shape index (κ1) is 5.82. The standard InChI is InChI=1S/C5H8BNO/c6-5(8)4-2-1-3-7-4/h4,7H,1-3H2. The zero-order valence-electron chi connectivity index (χ0n) is 4.68. The van der Waals surface area contributed by atoms with Crippen LogP contribution in [0.15, 0.2) is 0 Å². The molecule has 1 fully saturated rings. The van der Waals surface area contributed by atoms with Crippen molar-refractivity contribution in [2.24, 2.45) is 0 Å². The van der Waals surface area contributed by atoms with Crippen molar-refractivity contribution in [3.05, 3.63) is 0 Å². The summed E-state index contributed by atoms with van der Waals surface area (Å²) in [4.78, 5) is 10.4. The second-order valence-corrected chi connectivity index (χ2v) is 2.05. The summed E-state index contributed by atoms with van der Waals surface area (Å²) in [6.07, 6.45) is 1.99. The summed E-state index contributed by atoms with van der Waals surface area (Å²) in [6, 6.07) is -0.0463. The van der Waals surface area contributed by atoms with E-state index in [4.69, 9.17) is 7.85 Å². The van der Waals surface area contributed by atoms with Crippen LogP contribution >= 0.6 is 0 Å². The molecule has 1 heterocycles. The van der Waals surface area contributed by atoms with Crippen molar-refractivity contribution in [3.8, 4) is 0 Å². The molecule has 0 saturated carbocycles. The third kappa shape index (κ3) is 1.10. The van der Waals surface area contributed by atoms with Crippen molar-refractivity contribution in [2.75, 3.05) is 6.54 Å². The molecule has 0 aromatic carbocycles. The molecule has 1 saturated heterocycles. The normalized spacial score (nSPS) is 28.2. The van der Waals surface area contributed by atoms with Gasteiger partial charge in [-0.05, 0) is 19.4 Å². The molecule has 0 bridgehead atoms. The van der Waals surface area contributed by atoms with Gasteiger partial charge in [0.1, 0.15) is 0 Å². The summed E-state index contributed by atoms with van der Waals surface area (Å²) in [5.41, 5.74) is -0.220. The van der Waals surface area contributed by atoms with Gasteiger partial charge in [0.05, 0.1) is 11.7 Å². The molecule has 1 N–H and O–H groups in total. The van der Waals surface area contributed by atoms with Gasteiger partial charge in [0.25, 0.3) is 0 Å². The fourth-order valence-corrected chi connectivity index (χ4v) is 0.927. The van der Waals surface area contributed by atoms with Gasteiger partial charge in [-0.25, -0.2) is 0 Å². The summed E-state index contributed by atoms with van der Waals surface area (Å²) in [5.74, 6) is 0. The molecule has 0 aromatic heterocycles. The van der Waals surface area contributed by atoms with Crippen molar-refractivity contribution < 1.29 is 4.79 Å². The van der Waals surface area contributed by atoms with Crippen molar-refractivity contribution in [1.29, 1.82) is 0 Å². The molecule has 1 unspecified atom stereocenters. The van der Waals surface area contributed by atoms with Crippen LogP contribution in [0.2, 0.25) is 0 Å². The molecule has 0 amide bonds. The number of hydrogen-bond donors (Lipinski definition) is 1. The highest BCUT2D eigenvalue weighted by Crippen LogP contribution is 2.03. The van der Waals surface area contributed by atoms with E-state index in [0.717, 1.165) is 19.4 Å². The van der Waals surface area contributed by atoms with Crippen molar-refractivity contribution >= 4 is 13.5 Å². The molecule has 8 heavy (non-hydrogen) atoms. The van der Waals surface area contributed by atoms with Crippen LogP contribution in [0, 0.1) is 0 Å². The Morgan fingerprint density at radius 1 is 1.75 bits per heavy atom. The average molecular weight is 109 g/mol. The maximum Gasteiger partial charge on any atom is 0.170 e. The highest BCUT2D eigenvalue weighted by atomic mass is 16.1. The highest BCUT2D eigenvalue weighted by Gasteiger charge is 2.16. The molecule has 1 rings (SSSR count). The molecule has 3 heteroatoms. The second-order valence-electron chi connectivity index (χ2n) is 2.05. The molecular formula is C5H8BNO. The van der Waals surface area contributed by atoms with Crippen molar-refractivity contribution in [2.45, 2.75) is 18.9 Å². The molecule has 0 spiro atoms. The molecule has 2 nitrogen and oxygen atoms in total. The number of nitrogens with one attached hydrogen (secondary N) is 1. The minimum absolute atomic E-state index is 0.0463. The van der Waals surface area contributed by atoms with Gasteiger partial charge in [0, 0.05) is 0 Å². The monoisotopic (exact) mass is 109 g/mol. The summed E-state index contributed by atoms with van der Waals surface area (Å²) >= 11 is 0. The molecular weight excluding hydrogens is 101 g/mol. The third-order valence-corrected chi connectivity index (χ3v) is 1.40. The van der Waals surface area contributed by atoms with Gasteiger partial charge in [-0.15, -0.1) is 0 Å². The predicted octanol–water partition coefficient (Wildman–Crippen LogP) is -0.567. The maximum atomic E-state index is 10.4. The number of carbonyl (C=O) groups is 1. The highest BCUT2D eigenvalue weighted by molar-refractivity contribution is 6.59. The molecule has 1 atom stereocenters. The lowest BCUT2D eigenvalue weighted by Gasteiger charge is -2.02. The Bertz CT molecular complexity index is 98.6. The Balaban J connectivity index is 2.35. The molecule has 1 aliphatic heterocycles. The van der Waals surface area contributed by atoms with E-state index < -0.39 is 0 Å². The van der Waals surface area contributed by atoms with E-state index in [0.29, 0.717) is 0 Å². The van der Waals surface area contributed by atoms with Gasteiger partial charge < -0.3 is 10.1 Å². The third-order valence-electron chi connectivity index (χ3n) is 1.40. The molecule has 2 radical (unpaired) electrons. The zero-order valence-corrected chi connectivity index (χ0v) is 4.68. The quantitative estimate of drug-likeness (QED) is 0.457. The molecule has 42 valence electrons. The SMILES string of the molecule is [B]C(=O)C1CCCN1. The summed E-state index contributed by atoms with van der Waals surface area (Å²) in [5, 5.41) is 2.98. The molecule has 0 aromatic rings. The van der Waals surface area contributed by atoms with Crippen LogP contribution in [0.25, 0.3) is 0 Å². The summed E-state index contributed by atoms with van der Waals surface area (Å²) in [6.45, 7) is 0.938. The Morgan fingerprint density at radius 2 is 2.50 bits per heavy atom. The number of carbonyl (C=O) groups excluding carboxylic acids is 1. The Hall–Kier alpha value is -0.305. The smallest absolute Gasteiger partial charge is 0.170 e. The summed E-state index contributed by atoms with van der Waals surface area (Å²) in [7, 11) is 5.00. The van der Waals surface area contributed by atoms with E-state index in [2.05, 4.69) is 5.32 Å². The van der Waals surface area contributed by atoms with E-state index in [1.165, 1.54) is 0 Å². The lowest BCUT2D eigenvalue weighted by Crippen LogP contribution is -2.30. The number of hydrogen-bond acceptors (Lipinski definition) is 2. The lowest BCUT2D eigenvalue weighted by molar-refractivity contribution is -0.113. The van der Waals surface area contributed by atoms with Crippen LogP contribution in [0.3, 0.4) is 0 Å². The topological polar surface area (TPSA) is 29.1 Å². The zero-order chi connectivity index (χ0) is 5.98. The van der Waals surface area contributed by atoms with Gasteiger partial charge in [-0.3, -0.25) is 0 Å². The van der Waals surface area contributed by atoms with E-state index in [1.807, 2.05) is 0 Å². The maximum absolute atomic E-state index is 10.4. The van der Waals surface area contributed by atoms with Gasteiger partial charge in [-0.2, -0.15) is 0 Å². The van der Waals surface area contributed by atoms with Crippen LogP contribution in [0.5, 0.6) is 0 Å². The van der Waals surface area contributed by atoms with Gasteiger partial charge in [0.15, 0.2) is 7.85 Å². The predicted molar refractivity (Wildman–Crippen MR) is 31.8 cm³/mol. The first-order valence-electron chi connectivity index (χ1n) is 2.83. The minimum Gasteiger partial charge on any atom is -0.311 e. The van der Waals surface area contributed by atoms with E-state index in [9.17, 15) is 4.79 Å². The van der Waals surface area contributed by atoms with Gasteiger partial charge in [-0.1, -0.05) is 0 Å². The van der Waals surface area contributed by atoms with Gasteiger partial charge in [0.2, 0.25) is 0 Å². The average Bonchev–Trinajstić information content (AvgIpc) is 2.12. The Labute approximate surface area is 50.1 Å². The lowest BCUT2D eigenvalue weighted by atomic mass is 9.94.